The number of amides is 1. The second kappa shape index (κ2) is 7.19. The van der Waals surface area contributed by atoms with Crippen LogP contribution in [0.25, 0.3) is 5.52 Å². The van der Waals surface area contributed by atoms with Crippen LogP contribution in [0.3, 0.4) is 0 Å². The van der Waals surface area contributed by atoms with Crippen LogP contribution in [0.5, 0.6) is 11.5 Å². The molecule has 5 nitrogen and oxygen atoms in total. The number of nitrogens with zero attached hydrogens (tertiary/aromatic N) is 2. The molecular weight excluding hydrogens is 397 g/mol. The number of hydrogen-bond donors (Lipinski definition) is 0. The van der Waals surface area contributed by atoms with Gasteiger partial charge in [-0.2, -0.15) is 13.2 Å². The Morgan fingerprint density at radius 1 is 1.13 bits per heavy atom. The summed E-state index contributed by atoms with van der Waals surface area (Å²) in [5, 5.41) is 0. The third-order valence-electron chi connectivity index (χ3n) is 5.23. The van der Waals surface area contributed by atoms with Crippen LogP contribution in [-0.2, 0) is 11.0 Å². The fourth-order valence-corrected chi connectivity index (χ4v) is 3.60. The van der Waals surface area contributed by atoms with Gasteiger partial charge in [-0.25, -0.2) is 0 Å². The first-order valence-corrected chi connectivity index (χ1v) is 9.37. The van der Waals surface area contributed by atoms with E-state index in [2.05, 4.69) is 0 Å². The van der Waals surface area contributed by atoms with Crippen LogP contribution in [0.15, 0.2) is 59.5 Å². The van der Waals surface area contributed by atoms with Crippen molar-refractivity contribution in [1.82, 2.24) is 9.30 Å². The van der Waals surface area contributed by atoms with E-state index < -0.39 is 17.3 Å². The Morgan fingerprint density at radius 3 is 2.47 bits per heavy atom. The molecule has 8 heteroatoms. The van der Waals surface area contributed by atoms with Crippen molar-refractivity contribution in [3.05, 3.63) is 76.2 Å². The third-order valence-corrected chi connectivity index (χ3v) is 5.23. The van der Waals surface area contributed by atoms with Crippen molar-refractivity contribution in [2.75, 3.05) is 14.1 Å². The number of pyridine rings is 2. The number of hydrogen-bond acceptors (Lipinski definition) is 3. The average molecular weight is 416 g/mol. The number of fused-ring (bicyclic) bond motifs is 1. The van der Waals surface area contributed by atoms with Crippen molar-refractivity contribution in [1.29, 1.82) is 0 Å². The van der Waals surface area contributed by atoms with Crippen LogP contribution in [0.1, 0.15) is 23.5 Å². The maximum absolute atomic E-state index is 12.9. The van der Waals surface area contributed by atoms with Gasteiger partial charge in [-0.3, -0.25) is 14.0 Å². The lowest BCUT2D eigenvalue weighted by molar-refractivity contribution is -0.137. The first-order chi connectivity index (χ1) is 14.2. The summed E-state index contributed by atoms with van der Waals surface area (Å²) in [5.74, 6) is -0.0752. The van der Waals surface area contributed by atoms with Gasteiger partial charge in [0.15, 0.2) is 5.75 Å². The summed E-state index contributed by atoms with van der Waals surface area (Å²) in [5.41, 5.74) is 0.262. The maximum Gasteiger partial charge on any atom is 0.416 e. The number of aromatic nitrogens is 1. The lowest BCUT2D eigenvalue weighted by Gasteiger charge is -2.13. The lowest BCUT2D eigenvalue weighted by Crippen LogP contribution is -2.24. The normalized spacial score (nSPS) is 18.3. The molecular formula is C22H19F3N2O3. The molecule has 0 saturated heterocycles. The molecule has 0 radical (unpaired) electrons. The molecule has 1 aliphatic carbocycles. The smallest absolute Gasteiger partial charge is 0.416 e. The summed E-state index contributed by atoms with van der Waals surface area (Å²) < 4.78 is 45.4. The number of carbonyl (C=O) groups is 1. The Kier molecular flexibility index (Phi) is 4.80. The summed E-state index contributed by atoms with van der Waals surface area (Å²) in [6.07, 6.45) is -2.18. The highest BCUT2D eigenvalue weighted by Gasteiger charge is 2.45. The Bertz CT molecular complexity index is 1170. The minimum Gasteiger partial charge on any atom is -0.452 e. The van der Waals surface area contributed by atoms with Gasteiger partial charge in [0.2, 0.25) is 5.91 Å². The van der Waals surface area contributed by atoms with E-state index in [-0.39, 0.29) is 29.2 Å². The van der Waals surface area contributed by atoms with Gasteiger partial charge in [-0.1, -0.05) is 6.07 Å². The first-order valence-electron chi connectivity index (χ1n) is 9.37. The molecule has 1 amide bonds. The standard InChI is InChI=1S/C22H19F3N2O3/c1-26(2)20(28)17-11-15(17)16-12-19(21(29)27-10-4-3-5-18(16)27)30-14-8-6-13(7-9-14)22(23,24)25/h3-10,12,15,17H,11H2,1-2H3/t15-,17+/m0/s1. The van der Waals surface area contributed by atoms with Gasteiger partial charge < -0.3 is 9.64 Å². The minimum atomic E-state index is -4.45. The highest BCUT2D eigenvalue weighted by molar-refractivity contribution is 5.83. The average Bonchev–Trinajstić information content (AvgIpc) is 3.50. The SMILES string of the molecule is CN(C)C(=O)[C@@H]1C[C@H]1c1cc(Oc2ccc(C(F)(F)F)cc2)c(=O)n2ccccc12. The van der Waals surface area contributed by atoms with Crippen molar-refractivity contribution < 1.29 is 22.7 Å². The fourth-order valence-electron chi connectivity index (χ4n) is 3.60. The van der Waals surface area contributed by atoms with Crippen molar-refractivity contribution in [2.45, 2.75) is 18.5 Å². The molecule has 1 fully saturated rings. The summed E-state index contributed by atoms with van der Waals surface area (Å²) in [6, 6.07) is 11.1. The van der Waals surface area contributed by atoms with Crippen LogP contribution >= 0.6 is 0 Å². The second-order valence-corrected chi connectivity index (χ2v) is 7.53. The molecule has 3 aromatic rings. The van der Waals surface area contributed by atoms with E-state index in [0.717, 1.165) is 17.7 Å². The number of benzene rings is 1. The van der Waals surface area contributed by atoms with Crippen molar-refractivity contribution in [3.8, 4) is 11.5 Å². The predicted octanol–water partition coefficient (Wildman–Crippen LogP) is 4.30. The summed E-state index contributed by atoms with van der Waals surface area (Å²) in [7, 11) is 3.40. The van der Waals surface area contributed by atoms with E-state index in [1.807, 2.05) is 0 Å². The van der Waals surface area contributed by atoms with Crippen LogP contribution in [0.4, 0.5) is 13.2 Å². The van der Waals surface area contributed by atoms with Gasteiger partial charge in [-0.15, -0.1) is 0 Å². The van der Waals surface area contributed by atoms with Crippen LogP contribution < -0.4 is 10.3 Å². The number of halogens is 3. The van der Waals surface area contributed by atoms with Gasteiger partial charge in [0.25, 0.3) is 5.56 Å². The maximum atomic E-state index is 12.9. The summed E-state index contributed by atoms with van der Waals surface area (Å²) in [4.78, 5) is 26.7. The van der Waals surface area contributed by atoms with Crippen LogP contribution in [-0.4, -0.2) is 29.3 Å². The lowest BCUT2D eigenvalue weighted by atomic mass is 10.1. The molecule has 2 aromatic heterocycles. The van der Waals surface area contributed by atoms with Crippen LogP contribution in [0.2, 0.25) is 0 Å². The van der Waals surface area contributed by atoms with Gasteiger partial charge in [0.05, 0.1) is 11.1 Å². The van der Waals surface area contributed by atoms with E-state index in [1.54, 1.807) is 49.5 Å². The molecule has 1 aliphatic rings. The van der Waals surface area contributed by atoms with Crippen molar-refractivity contribution in [3.63, 3.8) is 0 Å². The molecule has 2 heterocycles. The molecule has 156 valence electrons. The highest BCUT2D eigenvalue weighted by Crippen LogP contribution is 2.50. The van der Waals surface area contributed by atoms with Gasteiger partial charge in [0, 0.05) is 26.2 Å². The molecule has 4 rings (SSSR count). The van der Waals surface area contributed by atoms with Gasteiger partial charge in [-0.05, 0) is 60.4 Å². The Labute approximate surface area is 170 Å². The molecule has 0 unspecified atom stereocenters. The van der Waals surface area contributed by atoms with Gasteiger partial charge in [0.1, 0.15) is 5.75 Å². The molecule has 0 bridgehead atoms. The van der Waals surface area contributed by atoms with E-state index in [9.17, 15) is 22.8 Å². The molecule has 0 aliphatic heterocycles. The zero-order valence-corrected chi connectivity index (χ0v) is 16.3. The number of ether oxygens (including phenoxy) is 1. The summed E-state index contributed by atoms with van der Waals surface area (Å²) in [6.45, 7) is 0. The van der Waals surface area contributed by atoms with E-state index >= 15 is 0 Å². The monoisotopic (exact) mass is 416 g/mol. The van der Waals surface area contributed by atoms with E-state index in [0.29, 0.717) is 11.9 Å². The van der Waals surface area contributed by atoms with Gasteiger partial charge >= 0.3 is 6.18 Å². The molecule has 2 atom stereocenters. The second-order valence-electron chi connectivity index (χ2n) is 7.53. The number of carbonyl (C=O) groups excluding carboxylic acids is 1. The quantitative estimate of drug-likeness (QED) is 0.637. The molecule has 0 spiro atoms. The Hall–Kier alpha value is -3.29. The third kappa shape index (κ3) is 3.65. The number of rotatable bonds is 4. The minimum absolute atomic E-state index is 0.00332. The largest absolute Gasteiger partial charge is 0.452 e. The summed E-state index contributed by atoms with van der Waals surface area (Å²) >= 11 is 0. The Morgan fingerprint density at radius 2 is 1.83 bits per heavy atom. The zero-order chi connectivity index (χ0) is 21.6. The zero-order valence-electron chi connectivity index (χ0n) is 16.3. The first kappa shape index (κ1) is 20.0. The molecule has 1 aromatic carbocycles. The van der Waals surface area contributed by atoms with Crippen LogP contribution in [0, 0.1) is 5.92 Å². The molecule has 0 N–H and O–H groups in total. The highest BCUT2D eigenvalue weighted by atomic mass is 19.4. The van der Waals surface area contributed by atoms with E-state index in [1.165, 1.54) is 16.5 Å². The van der Waals surface area contributed by atoms with E-state index in [4.69, 9.17) is 4.74 Å². The number of alkyl halides is 3. The van der Waals surface area contributed by atoms with Crippen molar-refractivity contribution in [2.24, 2.45) is 5.92 Å². The Balaban J connectivity index is 1.72. The molecule has 30 heavy (non-hydrogen) atoms. The van der Waals surface area contributed by atoms with Crippen molar-refractivity contribution >= 4 is 11.4 Å². The molecule has 1 saturated carbocycles. The predicted molar refractivity (Wildman–Crippen MR) is 105 cm³/mol. The fraction of sp³-hybridized carbons (Fsp3) is 0.273. The topological polar surface area (TPSA) is 51.0 Å².